The summed E-state index contributed by atoms with van der Waals surface area (Å²) in [5.41, 5.74) is 2.65. The number of hydrogen-bond donors (Lipinski definition) is 1. The number of carbonyl (C=O) groups is 1. The van der Waals surface area contributed by atoms with Gasteiger partial charge in [0.1, 0.15) is 5.75 Å². The predicted octanol–water partition coefficient (Wildman–Crippen LogP) is 0.398. The highest BCUT2D eigenvalue weighted by molar-refractivity contribution is 5.96. The van der Waals surface area contributed by atoms with E-state index in [2.05, 4.69) is 10.5 Å². The van der Waals surface area contributed by atoms with Crippen LogP contribution in [0.1, 0.15) is 10.4 Å². The van der Waals surface area contributed by atoms with Crippen LogP contribution in [0.4, 0.5) is 0 Å². The summed E-state index contributed by atoms with van der Waals surface area (Å²) in [5, 5.41) is 0. The summed E-state index contributed by atoms with van der Waals surface area (Å²) in [7, 11) is 3.02. The molecule has 1 heterocycles. The van der Waals surface area contributed by atoms with Gasteiger partial charge in [-0.25, -0.2) is 5.48 Å². The zero-order valence-corrected chi connectivity index (χ0v) is 9.23. The number of nitrogens with zero attached hydrogens (tertiary/aromatic N) is 1. The topological polar surface area (TPSA) is 69.7 Å². The molecule has 1 N–H and O–H groups in total. The Morgan fingerprint density at radius 3 is 2.94 bits per heavy atom. The molecule has 0 unspecified atom stereocenters. The average molecular weight is 226 g/mol. The van der Waals surface area contributed by atoms with Crippen LogP contribution < -0.4 is 10.2 Å². The molecule has 0 aliphatic carbocycles. The van der Waals surface area contributed by atoms with Crippen LogP contribution in [0.15, 0.2) is 18.5 Å². The number of rotatable bonds is 6. The van der Waals surface area contributed by atoms with Crippen LogP contribution in [0, 0.1) is 0 Å². The SMILES string of the molecule is COCCONC(=O)c1ccncc1OC. The van der Waals surface area contributed by atoms with E-state index in [4.69, 9.17) is 14.3 Å². The Morgan fingerprint density at radius 2 is 2.25 bits per heavy atom. The zero-order valence-electron chi connectivity index (χ0n) is 9.23. The van der Waals surface area contributed by atoms with Crippen LogP contribution in [-0.2, 0) is 9.57 Å². The molecule has 16 heavy (non-hydrogen) atoms. The van der Waals surface area contributed by atoms with Crippen molar-refractivity contribution in [1.82, 2.24) is 10.5 Å². The van der Waals surface area contributed by atoms with Gasteiger partial charge in [0.05, 0.1) is 32.1 Å². The molecule has 88 valence electrons. The van der Waals surface area contributed by atoms with Crippen LogP contribution in [0.2, 0.25) is 0 Å². The molecule has 0 spiro atoms. The normalized spacial score (nSPS) is 9.88. The predicted molar refractivity (Wildman–Crippen MR) is 56.1 cm³/mol. The maximum absolute atomic E-state index is 11.6. The monoisotopic (exact) mass is 226 g/mol. The second kappa shape index (κ2) is 6.76. The van der Waals surface area contributed by atoms with E-state index in [1.807, 2.05) is 0 Å². The summed E-state index contributed by atoms with van der Waals surface area (Å²) in [6.45, 7) is 0.698. The first kappa shape index (κ1) is 12.4. The molecule has 0 aliphatic rings. The fraction of sp³-hybridized carbons (Fsp3) is 0.400. The molecule has 1 aromatic rings. The number of amides is 1. The lowest BCUT2D eigenvalue weighted by atomic mass is 10.2. The Kier molecular flexibility index (Phi) is 5.24. The molecular formula is C10H14N2O4. The summed E-state index contributed by atoms with van der Waals surface area (Å²) in [6.07, 6.45) is 2.97. The van der Waals surface area contributed by atoms with Gasteiger partial charge in [-0.05, 0) is 6.07 Å². The highest BCUT2D eigenvalue weighted by Gasteiger charge is 2.11. The number of hydroxylamine groups is 1. The van der Waals surface area contributed by atoms with Crippen molar-refractivity contribution in [2.45, 2.75) is 0 Å². The Hall–Kier alpha value is -1.66. The fourth-order valence-corrected chi connectivity index (χ4v) is 1.03. The van der Waals surface area contributed by atoms with E-state index in [0.717, 1.165) is 0 Å². The molecule has 0 aliphatic heterocycles. The molecule has 0 saturated carbocycles. The minimum atomic E-state index is -0.379. The van der Waals surface area contributed by atoms with Gasteiger partial charge in [-0.3, -0.25) is 14.6 Å². The van der Waals surface area contributed by atoms with Gasteiger partial charge < -0.3 is 9.47 Å². The maximum Gasteiger partial charge on any atom is 0.278 e. The summed E-state index contributed by atoms with van der Waals surface area (Å²) in [6, 6.07) is 1.55. The van der Waals surface area contributed by atoms with Crippen molar-refractivity contribution in [3.63, 3.8) is 0 Å². The van der Waals surface area contributed by atoms with Crippen molar-refractivity contribution in [2.75, 3.05) is 27.4 Å². The minimum Gasteiger partial charge on any atom is -0.494 e. The second-order valence-corrected chi connectivity index (χ2v) is 2.85. The lowest BCUT2D eigenvalue weighted by Crippen LogP contribution is -2.25. The summed E-state index contributed by atoms with van der Waals surface area (Å²) >= 11 is 0. The van der Waals surface area contributed by atoms with Crippen molar-refractivity contribution in [1.29, 1.82) is 0 Å². The van der Waals surface area contributed by atoms with Gasteiger partial charge in [-0.15, -0.1) is 0 Å². The van der Waals surface area contributed by atoms with E-state index < -0.39 is 0 Å². The van der Waals surface area contributed by atoms with Gasteiger partial charge in [0, 0.05) is 13.3 Å². The Bertz CT molecular complexity index is 343. The average Bonchev–Trinajstić information content (AvgIpc) is 2.34. The summed E-state index contributed by atoms with van der Waals surface area (Å²) < 4.78 is 9.75. The van der Waals surface area contributed by atoms with Crippen molar-refractivity contribution in [3.8, 4) is 5.75 Å². The third-order valence-electron chi connectivity index (χ3n) is 1.80. The van der Waals surface area contributed by atoms with Crippen LogP contribution in [0.5, 0.6) is 5.75 Å². The number of ether oxygens (including phenoxy) is 2. The molecule has 1 amide bonds. The van der Waals surface area contributed by atoms with Crippen molar-refractivity contribution >= 4 is 5.91 Å². The number of nitrogens with one attached hydrogen (secondary N) is 1. The second-order valence-electron chi connectivity index (χ2n) is 2.85. The molecule has 0 bridgehead atoms. The quantitative estimate of drug-likeness (QED) is 0.561. The molecule has 1 rings (SSSR count). The van der Waals surface area contributed by atoms with Crippen molar-refractivity contribution in [2.24, 2.45) is 0 Å². The van der Waals surface area contributed by atoms with E-state index in [1.165, 1.54) is 19.5 Å². The zero-order chi connectivity index (χ0) is 11.8. The summed E-state index contributed by atoms with van der Waals surface area (Å²) in [4.78, 5) is 20.3. The number of aromatic nitrogens is 1. The molecule has 0 saturated heterocycles. The van der Waals surface area contributed by atoms with Crippen LogP contribution in [0.3, 0.4) is 0 Å². The first-order chi connectivity index (χ1) is 7.79. The number of hydrogen-bond acceptors (Lipinski definition) is 5. The van der Waals surface area contributed by atoms with Gasteiger partial charge in [0.2, 0.25) is 0 Å². The fourth-order valence-electron chi connectivity index (χ4n) is 1.03. The van der Waals surface area contributed by atoms with Crippen LogP contribution in [0.25, 0.3) is 0 Å². The largest absolute Gasteiger partial charge is 0.494 e. The standard InChI is InChI=1S/C10H14N2O4/c1-14-5-6-16-12-10(13)8-3-4-11-7-9(8)15-2/h3-4,7H,5-6H2,1-2H3,(H,12,13). The van der Waals surface area contributed by atoms with Crippen molar-refractivity contribution in [3.05, 3.63) is 24.0 Å². The van der Waals surface area contributed by atoms with E-state index >= 15 is 0 Å². The number of methoxy groups -OCH3 is 2. The molecule has 1 aromatic heterocycles. The smallest absolute Gasteiger partial charge is 0.278 e. The lowest BCUT2D eigenvalue weighted by molar-refractivity contribution is 0.00873. The Labute approximate surface area is 93.5 Å². The molecule has 0 fully saturated rings. The highest BCUT2D eigenvalue weighted by Crippen LogP contribution is 2.14. The molecule has 6 heteroatoms. The van der Waals surface area contributed by atoms with Crippen LogP contribution >= 0.6 is 0 Å². The van der Waals surface area contributed by atoms with Gasteiger partial charge in [0.25, 0.3) is 5.91 Å². The first-order valence-electron chi connectivity index (χ1n) is 4.68. The van der Waals surface area contributed by atoms with Gasteiger partial charge in [-0.2, -0.15) is 0 Å². The Balaban J connectivity index is 2.52. The minimum absolute atomic E-state index is 0.287. The van der Waals surface area contributed by atoms with Crippen molar-refractivity contribution < 1.29 is 19.1 Å². The summed E-state index contributed by atoms with van der Waals surface area (Å²) in [5.74, 6) is 0.0192. The van der Waals surface area contributed by atoms with Gasteiger partial charge >= 0.3 is 0 Å². The van der Waals surface area contributed by atoms with E-state index in [1.54, 1.807) is 13.2 Å². The van der Waals surface area contributed by atoms with Gasteiger partial charge in [-0.1, -0.05) is 0 Å². The third kappa shape index (κ3) is 3.48. The Morgan fingerprint density at radius 1 is 1.44 bits per heavy atom. The number of carbonyl (C=O) groups excluding carboxylic acids is 1. The van der Waals surface area contributed by atoms with E-state index in [-0.39, 0.29) is 12.5 Å². The first-order valence-corrected chi connectivity index (χ1v) is 4.68. The molecule has 0 radical (unpaired) electrons. The molecule has 6 nitrogen and oxygen atoms in total. The molecular weight excluding hydrogens is 212 g/mol. The lowest BCUT2D eigenvalue weighted by Gasteiger charge is -2.08. The van der Waals surface area contributed by atoms with Crippen LogP contribution in [-0.4, -0.2) is 38.3 Å². The maximum atomic E-state index is 11.6. The third-order valence-corrected chi connectivity index (χ3v) is 1.80. The highest BCUT2D eigenvalue weighted by atomic mass is 16.7. The van der Waals surface area contributed by atoms with E-state index in [0.29, 0.717) is 17.9 Å². The molecule has 0 aromatic carbocycles. The van der Waals surface area contributed by atoms with Gasteiger partial charge in [0.15, 0.2) is 0 Å². The molecule has 0 atom stereocenters. The van der Waals surface area contributed by atoms with E-state index in [9.17, 15) is 4.79 Å². The number of pyridine rings is 1.